The quantitative estimate of drug-likeness (QED) is 0.378. The van der Waals surface area contributed by atoms with Crippen molar-refractivity contribution in [1.82, 2.24) is 0 Å². The molecule has 0 bridgehead atoms. The maximum atomic E-state index is 9.00. The van der Waals surface area contributed by atoms with Crippen molar-refractivity contribution in [3.63, 3.8) is 0 Å². The fourth-order valence-corrected chi connectivity index (χ4v) is 0. The number of rotatable bonds is 0. The van der Waals surface area contributed by atoms with Crippen LogP contribution >= 0.6 is 0 Å². The van der Waals surface area contributed by atoms with E-state index < -0.39 is 29.8 Å². The summed E-state index contributed by atoms with van der Waals surface area (Å²) in [5, 5.41) is 41.5. The second kappa shape index (κ2) is 36.8. The van der Waals surface area contributed by atoms with E-state index in [1.54, 1.807) is 0 Å². The molecule has 12 heteroatoms. The molecule has 2 N–H and O–H groups in total. The predicted octanol–water partition coefficient (Wildman–Crippen LogP) is -6.55. The molecule has 0 radical (unpaired) electrons. The molecule has 0 aliphatic heterocycles. The van der Waals surface area contributed by atoms with Gasteiger partial charge in [-0.2, -0.15) is 0 Å². The van der Waals surface area contributed by atoms with Gasteiger partial charge in [-0.3, -0.25) is 9.59 Å². The number of hydrogen-bond acceptors (Lipinski definition) is 8. The van der Waals surface area contributed by atoms with E-state index in [1.165, 1.54) is 0 Å². The third-order valence-corrected chi connectivity index (χ3v) is 0. The number of carbonyl (C=O) groups is 5. The molecule has 0 atom stereocenters. The van der Waals surface area contributed by atoms with Crippen molar-refractivity contribution in [3.05, 3.63) is 0 Å². The van der Waals surface area contributed by atoms with E-state index in [1.807, 2.05) is 0 Å². The molecule has 0 rings (SSSR count). The molecule has 0 heterocycles. The minimum atomic E-state index is -1.08. The van der Waals surface area contributed by atoms with E-state index >= 15 is 0 Å². The van der Waals surface area contributed by atoms with Gasteiger partial charge in [0.2, 0.25) is 0 Å². The van der Waals surface area contributed by atoms with E-state index in [4.69, 9.17) is 49.5 Å². The summed E-state index contributed by atoms with van der Waals surface area (Å²) >= 11 is 0. The van der Waals surface area contributed by atoms with Crippen molar-refractivity contribution in [3.8, 4) is 0 Å². The summed E-state index contributed by atoms with van der Waals surface area (Å²) in [7, 11) is 0. The van der Waals surface area contributed by atoms with Gasteiger partial charge in [0.25, 0.3) is 11.9 Å². The first kappa shape index (κ1) is 42.9. The maximum Gasteiger partial charge on any atom is 2.00 e. The van der Waals surface area contributed by atoms with Gasteiger partial charge >= 0.3 is 49.0 Å². The maximum absolute atomic E-state index is 9.00. The van der Waals surface area contributed by atoms with Gasteiger partial charge in [0.1, 0.15) is 0 Å². The Morgan fingerprint density at radius 1 is 0.591 bits per heavy atom. The molecule has 0 saturated carbocycles. The van der Waals surface area contributed by atoms with Crippen LogP contribution < -0.4 is 44.9 Å². The van der Waals surface area contributed by atoms with E-state index in [0.29, 0.717) is 0 Å². The third-order valence-electron chi connectivity index (χ3n) is 0. The summed E-state index contributed by atoms with van der Waals surface area (Å²) in [6.45, 7) is 5.08. The van der Waals surface area contributed by atoms with Crippen LogP contribution in [-0.2, 0) is 43.5 Å². The van der Waals surface area contributed by atoms with Crippen LogP contribution in [0.2, 0.25) is 0 Å². The monoisotopic (exact) mass is 384 g/mol. The molecule has 0 aromatic carbocycles. The Bertz CT molecular complexity index is 216. The molecular weight excluding hydrogens is 368 g/mol. The number of aliphatic carboxylic acids is 5. The summed E-state index contributed by atoms with van der Waals surface area (Å²) in [6.07, 6.45) is 0. The fraction of sp³-hybridized carbons (Fsp3) is 0.500. The summed E-state index contributed by atoms with van der Waals surface area (Å²) in [5.41, 5.74) is 0. The molecule has 0 saturated heterocycles. The molecule has 0 amide bonds. The van der Waals surface area contributed by atoms with Crippen LogP contribution in [0.1, 0.15) is 34.6 Å². The van der Waals surface area contributed by atoms with Crippen LogP contribution in [0.15, 0.2) is 0 Å². The first-order valence-electron chi connectivity index (χ1n) is 4.58. The van der Waals surface area contributed by atoms with Gasteiger partial charge in [-0.15, -0.1) is 0 Å². The Morgan fingerprint density at radius 3 is 0.591 bits per heavy atom. The minimum Gasteiger partial charge on any atom is -0.550 e. The fourth-order valence-electron chi connectivity index (χ4n) is 0. The summed E-state index contributed by atoms with van der Waals surface area (Å²) < 4.78 is 0. The van der Waals surface area contributed by atoms with Gasteiger partial charge < -0.3 is 39.9 Å². The van der Waals surface area contributed by atoms with Crippen LogP contribution in [0.4, 0.5) is 0 Å². The standard InChI is InChI=1S/5C2H4O2.Na.Zn/c5*1-2(3)4;;/h5*1H3,(H,3,4);;/q;;;;;+1;+2/p-3. The Labute approximate surface area is 162 Å². The number of carboxylic acid groups (broad SMARTS) is 5. The predicted molar refractivity (Wildman–Crippen MR) is 58.7 cm³/mol. The van der Waals surface area contributed by atoms with Crippen molar-refractivity contribution in [2.24, 2.45) is 0 Å². The molecular formula is C10H17NaO10Zn. The van der Waals surface area contributed by atoms with Gasteiger partial charge in [0.05, 0.1) is 0 Å². The zero-order chi connectivity index (χ0) is 17.9. The largest absolute Gasteiger partial charge is 2.00 e. The van der Waals surface area contributed by atoms with Crippen LogP contribution in [0, 0.1) is 0 Å². The zero-order valence-electron chi connectivity index (χ0n) is 13.4. The van der Waals surface area contributed by atoms with Gasteiger partial charge in [-0.05, 0) is 20.8 Å². The summed E-state index contributed by atoms with van der Waals surface area (Å²) in [5.74, 6) is -4.92. The zero-order valence-corrected chi connectivity index (χ0v) is 18.3. The van der Waals surface area contributed by atoms with Crippen molar-refractivity contribution >= 4 is 29.8 Å². The number of carboxylic acids is 5. The van der Waals surface area contributed by atoms with Gasteiger partial charge in [-0.25, -0.2) is 0 Å². The first-order valence-corrected chi connectivity index (χ1v) is 4.58. The molecule has 0 fully saturated rings. The second-order valence-electron chi connectivity index (χ2n) is 2.51. The van der Waals surface area contributed by atoms with Crippen molar-refractivity contribution in [2.75, 3.05) is 0 Å². The second-order valence-corrected chi connectivity index (χ2v) is 2.51. The smallest absolute Gasteiger partial charge is 0.550 e. The Kier molecular flexibility index (Phi) is 71.7. The summed E-state index contributed by atoms with van der Waals surface area (Å²) in [4.78, 5) is 44.7. The molecule has 22 heavy (non-hydrogen) atoms. The van der Waals surface area contributed by atoms with Gasteiger partial charge in [0, 0.05) is 31.8 Å². The van der Waals surface area contributed by atoms with E-state index in [0.717, 1.165) is 34.6 Å². The molecule has 10 nitrogen and oxygen atoms in total. The summed E-state index contributed by atoms with van der Waals surface area (Å²) in [6, 6.07) is 0. The minimum absolute atomic E-state index is 0. The Morgan fingerprint density at radius 2 is 0.591 bits per heavy atom. The van der Waals surface area contributed by atoms with Crippen LogP contribution in [0.5, 0.6) is 0 Å². The normalized spacial score (nSPS) is 5.68. The van der Waals surface area contributed by atoms with E-state index in [-0.39, 0.29) is 49.0 Å². The van der Waals surface area contributed by atoms with Crippen molar-refractivity contribution in [2.45, 2.75) is 34.6 Å². The van der Waals surface area contributed by atoms with Crippen molar-refractivity contribution in [1.29, 1.82) is 0 Å². The van der Waals surface area contributed by atoms with E-state index in [2.05, 4.69) is 0 Å². The van der Waals surface area contributed by atoms with Gasteiger partial charge in [-0.1, -0.05) is 0 Å². The van der Waals surface area contributed by atoms with E-state index in [9.17, 15) is 0 Å². The third kappa shape index (κ3) is 5820. The van der Waals surface area contributed by atoms with Crippen LogP contribution in [0.25, 0.3) is 0 Å². The van der Waals surface area contributed by atoms with Crippen LogP contribution in [-0.4, -0.2) is 40.1 Å². The molecule has 0 aliphatic rings. The molecule has 0 aromatic rings. The topological polar surface area (TPSA) is 195 Å². The molecule has 120 valence electrons. The molecule has 0 aromatic heterocycles. The van der Waals surface area contributed by atoms with Gasteiger partial charge in [0.15, 0.2) is 0 Å². The molecule has 0 spiro atoms. The number of carbonyl (C=O) groups excluding carboxylic acids is 3. The average Bonchev–Trinajstić information content (AvgIpc) is 1.94. The first-order chi connectivity index (χ1) is 8.66. The average molecular weight is 386 g/mol. The SMILES string of the molecule is CC(=O)O.CC(=O)O.CC(=O)[O-].CC(=O)[O-].CC(=O)[O-].[Na+].[Zn+2]. The molecule has 0 aliphatic carbocycles. The number of hydrogen-bond donors (Lipinski definition) is 2. The van der Waals surface area contributed by atoms with Crippen molar-refractivity contribution < 1.29 is 98.5 Å². The Hall–Kier alpha value is -1.03. The van der Waals surface area contributed by atoms with Crippen LogP contribution in [0.3, 0.4) is 0 Å². The molecule has 0 unspecified atom stereocenters. The Balaban J connectivity index is -0.0000000250.